The Kier molecular flexibility index (Phi) is 15.5. The van der Waals surface area contributed by atoms with E-state index in [4.69, 9.17) is 0 Å². The Morgan fingerprint density at radius 2 is 1.78 bits per heavy atom. The quantitative estimate of drug-likeness (QED) is 0.412. The molecule has 0 aromatic rings. The molecule has 1 aliphatic carbocycles. The third-order valence-corrected chi connectivity index (χ3v) is 9.97. The molecule has 5 heteroatoms. The molecule has 105 valence electrons. The first-order chi connectivity index (χ1) is 6.89. The predicted molar refractivity (Wildman–Crippen MR) is 68.7 cm³/mol. The first-order valence-electron chi connectivity index (χ1n) is 5.66. The third kappa shape index (κ3) is 9.55. The smallest absolute Gasteiger partial charge is 1.00 e. The van der Waals surface area contributed by atoms with E-state index in [9.17, 15) is 0 Å². The van der Waals surface area contributed by atoms with Crippen LogP contribution in [0.2, 0.25) is 3.63 Å². The zero-order valence-corrected chi connectivity index (χ0v) is 17.4. The topological polar surface area (TPSA) is 0 Å². The standard InChI is InChI=1S/C8H18P.C5H5.3ClH.Zr/c1-8(2,3)6-7-9(4)5;1-2-4-5-3-1;;;;/h6H,7H2,1-5H3;1-3H,4H2;3*1H;/q;;;;;+3/p-3. The summed E-state index contributed by atoms with van der Waals surface area (Å²) in [7, 11) is 0.271. The summed E-state index contributed by atoms with van der Waals surface area (Å²) >= 11 is -0.329. The van der Waals surface area contributed by atoms with Gasteiger partial charge in [0.15, 0.2) is 0 Å². The Morgan fingerprint density at radius 3 is 2.11 bits per heavy atom. The Balaban J connectivity index is -0.000000750. The summed E-state index contributed by atoms with van der Waals surface area (Å²) in [5.41, 5.74) is 0.530. The molecule has 0 N–H and O–H groups in total. The van der Waals surface area contributed by atoms with Gasteiger partial charge in [0.2, 0.25) is 0 Å². The summed E-state index contributed by atoms with van der Waals surface area (Å²) in [5, 5.41) is 0. The van der Waals surface area contributed by atoms with Gasteiger partial charge in [-0.3, -0.25) is 0 Å². The molecule has 0 bridgehead atoms. The maximum Gasteiger partial charge on any atom is -1.00 e. The van der Waals surface area contributed by atoms with Crippen LogP contribution in [0.15, 0.2) is 21.5 Å². The molecule has 0 saturated carbocycles. The second-order valence-electron chi connectivity index (χ2n) is 5.65. The van der Waals surface area contributed by atoms with Crippen molar-refractivity contribution in [3.63, 3.8) is 0 Å². The van der Waals surface area contributed by atoms with E-state index in [0.29, 0.717) is 5.41 Å². The van der Waals surface area contributed by atoms with Crippen molar-refractivity contribution < 1.29 is 60.5 Å². The summed E-state index contributed by atoms with van der Waals surface area (Å²) < 4.78 is 2.82. The molecule has 0 fully saturated rings. The second kappa shape index (κ2) is 11.3. The van der Waals surface area contributed by atoms with Crippen molar-refractivity contribution in [2.45, 2.75) is 30.8 Å². The molecular formula is C13H23Cl3PZr. The zero-order chi connectivity index (χ0) is 11.5. The molecule has 18 heavy (non-hydrogen) atoms. The average molecular weight is 408 g/mol. The van der Waals surface area contributed by atoms with Crippen LogP contribution < -0.4 is 37.2 Å². The van der Waals surface area contributed by atoms with Crippen molar-refractivity contribution in [3.8, 4) is 0 Å². The molecule has 1 rings (SSSR count). The normalized spacial score (nSPS) is 14.9. The van der Waals surface area contributed by atoms with Crippen molar-refractivity contribution in [1.82, 2.24) is 0 Å². The number of halogens is 3. The molecule has 0 saturated heterocycles. The third-order valence-electron chi connectivity index (χ3n) is 2.72. The van der Waals surface area contributed by atoms with Crippen LogP contribution in [0.25, 0.3) is 0 Å². The predicted octanol–water partition coefficient (Wildman–Crippen LogP) is -4.50. The maximum atomic E-state index is 2.43. The van der Waals surface area contributed by atoms with Crippen LogP contribution in [0.3, 0.4) is 0 Å². The van der Waals surface area contributed by atoms with E-state index in [-0.39, 0.29) is 68.4 Å². The van der Waals surface area contributed by atoms with Gasteiger partial charge in [-0.05, 0) is 0 Å². The minimum atomic E-state index is -0.329. The van der Waals surface area contributed by atoms with E-state index in [2.05, 4.69) is 52.3 Å². The van der Waals surface area contributed by atoms with Gasteiger partial charge >= 0.3 is 108 Å². The maximum absolute atomic E-state index is 2.43. The summed E-state index contributed by atoms with van der Waals surface area (Å²) in [6.07, 6.45) is 9.71. The van der Waals surface area contributed by atoms with Crippen LogP contribution >= 0.6 is 7.92 Å². The van der Waals surface area contributed by atoms with E-state index in [1.165, 1.54) is 12.6 Å². The van der Waals surface area contributed by atoms with Crippen molar-refractivity contribution in [1.29, 1.82) is 0 Å². The van der Waals surface area contributed by atoms with Crippen LogP contribution in [0.4, 0.5) is 0 Å². The second-order valence-corrected chi connectivity index (χ2v) is 12.2. The fraction of sp³-hybridized carbons (Fsp3) is 0.692. The van der Waals surface area contributed by atoms with Gasteiger partial charge in [-0.25, -0.2) is 0 Å². The Bertz CT molecular complexity index is 270. The van der Waals surface area contributed by atoms with E-state index in [1.54, 1.807) is 3.28 Å². The molecule has 0 aromatic carbocycles. The molecule has 1 unspecified atom stereocenters. The number of rotatable bonds is 4. The Morgan fingerprint density at radius 1 is 1.22 bits per heavy atom. The Labute approximate surface area is 144 Å². The summed E-state index contributed by atoms with van der Waals surface area (Å²) in [4.78, 5) is 0. The van der Waals surface area contributed by atoms with Gasteiger partial charge in [-0.15, -0.1) is 0 Å². The van der Waals surface area contributed by atoms with E-state index >= 15 is 0 Å². The van der Waals surface area contributed by atoms with Crippen molar-refractivity contribution in [3.05, 3.63) is 21.5 Å². The van der Waals surface area contributed by atoms with Crippen molar-refractivity contribution in [2.75, 3.05) is 19.5 Å². The molecule has 0 aromatic heterocycles. The molecule has 1 aliphatic rings. The van der Waals surface area contributed by atoms with Gasteiger partial charge < -0.3 is 37.2 Å². The largest absolute Gasteiger partial charge is 1.00 e. The molecular weight excluding hydrogens is 385 g/mol. The fourth-order valence-electron chi connectivity index (χ4n) is 1.68. The molecule has 0 amide bonds. The van der Waals surface area contributed by atoms with Crippen molar-refractivity contribution in [2.24, 2.45) is 5.41 Å². The van der Waals surface area contributed by atoms with Gasteiger partial charge in [0.05, 0.1) is 0 Å². The van der Waals surface area contributed by atoms with Crippen LogP contribution in [0.5, 0.6) is 0 Å². The minimum absolute atomic E-state index is 0. The zero-order valence-electron chi connectivity index (χ0n) is 11.8. The van der Waals surface area contributed by atoms with Gasteiger partial charge in [0, 0.05) is 0 Å². The SMILES string of the molecule is CP(C)C[CH]([Zr+3][C]1=CC=CC1)C(C)(C)C.[Cl-].[Cl-].[Cl-]. The monoisotopic (exact) mass is 405 g/mol. The Hall–Kier alpha value is 1.66. The molecule has 1 atom stereocenters. The first-order valence-corrected chi connectivity index (χ1v) is 10.7. The molecule has 0 heterocycles. The van der Waals surface area contributed by atoms with E-state index in [0.717, 1.165) is 3.63 Å². The van der Waals surface area contributed by atoms with E-state index < -0.39 is 0 Å². The van der Waals surface area contributed by atoms with E-state index in [1.807, 2.05) is 0 Å². The molecule has 0 spiro atoms. The van der Waals surface area contributed by atoms with Gasteiger partial charge in [0.25, 0.3) is 0 Å². The van der Waals surface area contributed by atoms with Crippen molar-refractivity contribution >= 4 is 7.92 Å². The summed E-state index contributed by atoms with van der Waals surface area (Å²) in [6.45, 7) is 12.1. The minimum Gasteiger partial charge on any atom is -1.00 e. The number of allylic oxidation sites excluding steroid dienone is 4. The fourth-order valence-corrected chi connectivity index (χ4v) is 9.63. The van der Waals surface area contributed by atoms with Crippen LogP contribution in [0.1, 0.15) is 27.2 Å². The van der Waals surface area contributed by atoms with Crippen LogP contribution in [0, 0.1) is 5.41 Å². The van der Waals surface area contributed by atoms with Gasteiger partial charge in [-0.2, -0.15) is 0 Å². The average Bonchev–Trinajstić information content (AvgIpc) is 2.53. The van der Waals surface area contributed by atoms with Crippen LogP contribution in [-0.2, 0) is 23.2 Å². The summed E-state index contributed by atoms with van der Waals surface area (Å²) in [5.74, 6) is 0. The van der Waals surface area contributed by atoms with Crippen LogP contribution in [-0.4, -0.2) is 19.5 Å². The molecule has 0 aliphatic heterocycles. The summed E-state index contributed by atoms with van der Waals surface area (Å²) in [6, 6.07) is 0. The number of hydrogen-bond acceptors (Lipinski definition) is 0. The van der Waals surface area contributed by atoms with Gasteiger partial charge in [-0.1, -0.05) is 0 Å². The first kappa shape index (κ1) is 24.7. The van der Waals surface area contributed by atoms with Gasteiger partial charge in [0.1, 0.15) is 0 Å². The molecule has 0 radical (unpaired) electrons. The number of hydrogen-bond donors (Lipinski definition) is 0. The molecule has 0 nitrogen and oxygen atoms in total.